The summed E-state index contributed by atoms with van der Waals surface area (Å²) in [6.45, 7) is 2.40. The first-order valence-electron chi connectivity index (χ1n) is 6.44. The molecule has 0 spiro atoms. The lowest BCUT2D eigenvalue weighted by molar-refractivity contribution is -0.138. The van der Waals surface area contributed by atoms with Crippen molar-refractivity contribution in [1.29, 1.82) is 0 Å². The zero-order valence-corrected chi connectivity index (χ0v) is 12.0. The molecule has 8 heteroatoms. The monoisotopic (exact) mass is 298 g/mol. The maximum atomic E-state index is 12.3. The second-order valence-electron chi connectivity index (χ2n) is 4.67. The number of H-pyrrole nitrogens is 1. The van der Waals surface area contributed by atoms with Crippen molar-refractivity contribution in [2.75, 3.05) is 18.1 Å². The van der Waals surface area contributed by atoms with Crippen molar-refractivity contribution in [3.8, 4) is 0 Å². The van der Waals surface area contributed by atoms with Crippen LogP contribution in [0.1, 0.15) is 25.2 Å². The summed E-state index contributed by atoms with van der Waals surface area (Å²) < 4.78 is 0. The van der Waals surface area contributed by atoms with Gasteiger partial charge in [-0.2, -0.15) is 11.8 Å². The van der Waals surface area contributed by atoms with E-state index in [0.717, 1.165) is 5.75 Å². The molecule has 0 aliphatic carbocycles. The van der Waals surface area contributed by atoms with Crippen molar-refractivity contribution in [3.05, 3.63) is 18.2 Å². The molecule has 1 aliphatic heterocycles. The van der Waals surface area contributed by atoms with Gasteiger partial charge in [0.05, 0.1) is 18.5 Å². The number of urea groups is 1. The molecule has 1 aromatic heterocycles. The molecule has 3 N–H and O–H groups in total. The zero-order valence-electron chi connectivity index (χ0n) is 11.2. The SMILES string of the molecule is CC(NC(=O)N1CCSCC1CC(=O)O)c1ncc[nH]1. The number of hydrogen-bond acceptors (Lipinski definition) is 4. The first-order valence-corrected chi connectivity index (χ1v) is 7.59. The van der Waals surface area contributed by atoms with Crippen LogP contribution in [0.3, 0.4) is 0 Å². The van der Waals surface area contributed by atoms with Gasteiger partial charge in [-0.3, -0.25) is 4.79 Å². The van der Waals surface area contributed by atoms with Gasteiger partial charge < -0.3 is 20.3 Å². The van der Waals surface area contributed by atoms with Crippen LogP contribution in [0.25, 0.3) is 0 Å². The van der Waals surface area contributed by atoms with E-state index in [9.17, 15) is 9.59 Å². The molecule has 1 aliphatic rings. The zero-order chi connectivity index (χ0) is 14.5. The molecule has 0 aromatic carbocycles. The van der Waals surface area contributed by atoms with Crippen molar-refractivity contribution in [2.24, 2.45) is 0 Å². The van der Waals surface area contributed by atoms with E-state index in [1.54, 1.807) is 29.1 Å². The molecule has 1 saturated heterocycles. The summed E-state index contributed by atoms with van der Waals surface area (Å²) in [5, 5.41) is 11.8. The number of carbonyl (C=O) groups excluding carboxylic acids is 1. The molecule has 2 heterocycles. The van der Waals surface area contributed by atoms with Crippen LogP contribution in [-0.4, -0.2) is 56.1 Å². The number of carbonyl (C=O) groups is 2. The predicted octanol–water partition coefficient (Wildman–Crippen LogP) is 1.07. The second kappa shape index (κ2) is 6.65. The van der Waals surface area contributed by atoms with E-state index in [2.05, 4.69) is 15.3 Å². The average molecular weight is 298 g/mol. The number of thioether (sulfide) groups is 1. The minimum absolute atomic E-state index is 0.0183. The summed E-state index contributed by atoms with van der Waals surface area (Å²) in [6, 6.07) is -0.729. The van der Waals surface area contributed by atoms with Crippen LogP contribution in [-0.2, 0) is 4.79 Å². The van der Waals surface area contributed by atoms with E-state index >= 15 is 0 Å². The fraction of sp³-hybridized carbons (Fsp3) is 0.583. The van der Waals surface area contributed by atoms with Crippen molar-refractivity contribution < 1.29 is 14.7 Å². The Morgan fingerprint density at radius 1 is 1.70 bits per heavy atom. The molecular formula is C12H18N4O3S. The fourth-order valence-electron chi connectivity index (χ4n) is 2.14. The largest absolute Gasteiger partial charge is 0.481 e. The van der Waals surface area contributed by atoms with E-state index in [0.29, 0.717) is 18.1 Å². The number of nitrogens with one attached hydrogen (secondary N) is 2. The van der Waals surface area contributed by atoms with Crippen LogP contribution >= 0.6 is 11.8 Å². The predicted molar refractivity (Wildman–Crippen MR) is 75.6 cm³/mol. The van der Waals surface area contributed by atoms with Crippen LogP contribution in [0.2, 0.25) is 0 Å². The Labute approximate surface area is 121 Å². The normalized spacial score (nSPS) is 20.4. The number of carboxylic acid groups (broad SMARTS) is 1. The number of aromatic nitrogens is 2. The number of carboxylic acids is 1. The molecule has 20 heavy (non-hydrogen) atoms. The Morgan fingerprint density at radius 2 is 2.50 bits per heavy atom. The topological polar surface area (TPSA) is 98.3 Å². The van der Waals surface area contributed by atoms with Gasteiger partial charge in [-0.15, -0.1) is 0 Å². The third kappa shape index (κ3) is 3.66. The van der Waals surface area contributed by atoms with E-state index < -0.39 is 5.97 Å². The third-order valence-electron chi connectivity index (χ3n) is 3.17. The minimum atomic E-state index is -0.880. The Bertz CT molecular complexity index is 465. The van der Waals surface area contributed by atoms with Crippen LogP contribution < -0.4 is 5.32 Å². The van der Waals surface area contributed by atoms with Gasteiger partial charge in [-0.1, -0.05) is 0 Å². The van der Waals surface area contributed by atoms with Gasteiger partial charge in [0.1, 0.15) is 5.82 Å². The fourth-order valence-corrected chi connectivity index (χ4v) is 3.21. The average Bonchev–Trinajstić information content (AvgIpc) is 2.92. The molecular weight excluding hydrogens is 280 g/mol. The highest BCUT2D eigenvalue weighted by atomic mass is 32.2. The lowest BCUT2D eigenvalue weighted by Crippen LogP contribution is -2.51. The number of hydrogen-bond donors (Lipinski definition) is 3. The standard InChI is InChI=1S/C12H18N4O3S/c1-8(11-13-2-3-14-11)15-12(19)16-4-5-20-7-9(16)6-10(17)18/h2-3,8-9H,4-7H2,1H3,(H,13,14)(H,15,19)(H,17,18). The summed E-state index contributed by atoms with van der Waals surface area (Å²) in [5.74, 6) is 1.29. The molecule has 2 atom stereocenters. The first-order chi connectivity index (χ1) is 9.58. The molecule has 1 aromatic rings. The van der Waals surface area contributed by atoms with Crippen LogP contribution in [0.15, 0.2) is 12.4 Å². The Morgan fingerprint density at radius 3 is 3.15 bits per heavy atom. The highest BCUT2D eigenvalue weighted by Crippen LogP contribution is 2.20. The third-order valence-corrected chi connectivity index (χ3v) is 4.26. The number of aromatic amines is 1. The number of amides is 2. The lowest BCUT2D eigenvalue weighted by atomic mass is 10.2. The summed E-state index contributed by atoms with van der Waals surface area (Å²) >= 11 is 1.68. The van der Waals surface area contributed by atoms with Crippen LogP contribution in [0, 0.1) is 0 Å². The molecule has 1 fully saturated rings. The van der Waals surface area contributed by atoms with Crippen molar-refractivity contribution in [2.45, 2.75) is 25.4 Å². The number of nitrogens with zero attached hydrogens (tertiary/aromatic N) is 2. The van der Waals surface area contributed by atoms with Gasteiger partial charge in [0, 0.05) is 30.4 Å². The second-order valence-corrected chi connectivity index (χ2v) is 5.82. The quantitative estimate of drug-likeness (QED) is 0.772. The Kier molecular flexibility index (Phi) is 4.89. The highest BCUT2D eigenvalue weighted by Gasteiger charge is 2.29. The molecule has 2 unspecified atom stereocenters. The van der Waals surface area contributed by atoms with E-state index in [4.69, 9.17) is 5.11 Å². The van der Waals surface area contributed by atoms with Crippen LogP contribution in [0.4, 0.5) is 4.79 Å². The van der Waals surface area contributed by atoms with Crippen LogP contribution in [0.5, 0.6) is 0 Å². The Balaban J connectivity index is 1.97. The summed E-state index contributed by atoms with van der Waals surface area (Å²) in [5.41, 5.74) is 0. The first kappa shape index (κ1) is 14.7. The maximum Gasteiger partial charge on any atom is 0.318 e. The molecule has 2 rings (SSSR count). The van der Waals surface area contributed by atoms with Gasteiger partial charge in [0.15, 0.2) is 0 Å². The van der Waals surface area contributed by atoms with E-state index in [1.807, 2.05) is 6.92 Å². The molecule has 110 valence electrons. The molecule has 0 radical (unpaired) electrons. The molecule has 0 bridgehead atoms. The number of rotatable bonds is 4. The molecule has 0 saturated carbocycles. The number of aliphatic carboxylic acids is 1. The van der Waals surface area contributed by atoms with Gasteiger partial charge >= 0.3 is 12.0 Å². The summed E-state index contributed by atoms with van der Waals surface area (Å²) in [7, 11) is 0. The molecule has 2 amide bonds. The van der Waals surface area contributed by atoms with Crippen molar-refractivity contribution >= 4 is 23.8 Å². The smallest absolute Gasteiger partial charge is 0.318 e. The Hall–Kier alpha value is -1.70. The lowest BCUT2D eigenvalue weighted by Gasteiger charge is -2.35. The number of imidazole rings is 1. The maximum absolute atomic E-state index is 12.3. The van der Waals surface area contributed by atoms with Crippen molar-refractivity contribution in [1.82, 2.24) is 20.2 Å². The van der Waals surface area contributed by atoms with E-state index in [-0.39, 0.29) is 24.5 Å². The minimum Gasteiger partial charge on any atom is -0.481 e. The highest BCUT2D eigenvalue weighted by molar-refractivity contribution is 7.99. The molecule has 7 nitrogen and oxygen atoms in total. The van der Waals surface area contributed by atoms with Gasteiger partial charge in [0.2, 0.25) is 0 Å². The van der Waals surface area contributed by atoms with Gasteiger partial charge in [-0.25, -0.2) is 9.78 Å². The van der Waals surface area contributed by atoms with Gasteiger partial charge in [0.25, 0.3) is 0 Å². The summed E-state index contributed by atoms with van der Waals surface area (Å²) in [4.78, 5) is 31.8. The summed E-state index contributed by atoms with van der Waals surface area (Å²) in [6.07, 6.45) is 3.31. The van der Waals surface area contributed by atoms with E-state index in [1.165, 1.54) is 0 Å². The van der Waals surface area contributed by atoms with Gasteiger partial charge in [-0.05, 0) is 6.92 Å². The van der Waals surface area contributed by atoms with Crippen molar-refractivity contribution in [3.63, 3.8) is 0 Å².